The molecule has 7 N–H and O–H groups in total. The lowest BCUT2D eigenvalue weighted by atomic mass is 9.73. The molecule has 0 atom stereocenters. The van der Waals surface area contributed by atoms with E-state index in [4.69, 9.17) is 27.3 Å². The Morgan fingerprint density at radius 3 is 1.21 bits per heavy atom. The summed E-state index contributed by atoms with van der Waals surface area (Å²) in [6.07, 6.45) is 10.5. The Labute approximate surface area is 875 Å². The smallest absolute Gasteiger partial charge is 0.228 e. The van der Waals surface area contributed by atoms with Crippen molar-refractivity contribution in [1.29, 1.82) is 0 Å². The molecule has 27 rings (SSSR count). The second kappa shape index (κ2) is 40.7. The van der Waals surface area contributed by atoms with E-state index in [-0.39, 0.29) is 28.3 Å². The third-order valence-corrected chi connectivity index (χ3v) is 29.2. The highest BCUT2D eigenvalue weighted by molar-refractivity contribution is 14.1. The molecule has 23 aromatic rings. The number of alkyl halides is 1. The summed E-state index contributed by atoms with van der Waals surface area (Å²) in [6, 6.07) is 121. The number of para-hydroxylation sites is 8. The summed E-state index contributed by atoms with van der Waals surface area (Å²) in [5.41, 5.74) is 45.5. The first-order valence-electron chi connectivity index (χ1n) is 48.6. The number of hydrogen-bond acceptors (Lipinski definition) is 11. The first kappa shape index (κ1) is 98.3. The summed E-state index contributed by atoms with van der Waals surface area (Å²) in [5, 5.41) is 16.2. The standard InChI is InChI=1S/C46H35N5.C26H21N3.C20H15BrN2.C17H11BrN2.C9H11N.C3H4N2.C2H6.CH3I.CH6N2/c1-45(2)33-15-6-8-19-38(33)49(41-27-40-32(26-36(41)45)29-13-5-7-18-37(29)50(40)42-20-9-10-23-47-42)28-21-22-30-31-14-11-16-34-43(31)51(39(30)25-28)44-35(46(34,3)4)17-12-24-48-44;1-26(2)19-10-4-5-11-21(19)28-22-16-24-18(15-20(22)26)17-9-3-6-12-23(17)29(24)25-13-7-8-14-27-25;1-20(2)15-6-3-5-14-13-9-8-12(21)11-17(13)23(18(14)15)19-16(20)7-4-10-22-19;18-12-8-9-14-13-5-1-2-6-15(13)20(16(14)11-12)17-7-3-4-10-19-17;1-7(2)8-5-3-4-6-9(8)10;1-4-3-5-2;2*1-2;2-1-3/h5-27H,1-4H3;3-16,28H,1-2H3;3-11H,1-2H3;1-11H;3-6H,1,10H2,2H3;3H,1H3;1-2H3;1H3;1-3H2. The molecule has 4 aliphatic rings. The summed E-state index contributed by atoms with van der Waals surface area (Å²) >= 11 is 9.33. The van der Waals surface area contributed by atoms with Crippen LogP contribution in [0.4, 0.5) is 34.1 Å². The molecule has 17 nitrogen and oxygen atoms in total. The highest BCUT2D eigenvalue weighted by atomic mass is 127. The highest BCUT2D eigenvalue weighted by Crippen LogP contribution is 2.57. The molecule has 0 unspecified atom stereocenters. The second-order valence-electron chi connectivity index (χ2n) is 37.9. The number of allylic oxidation sites excluding steroid dienone is 1. The van der Waals surface area contributed by atoms with Crippen molar-refractivity contribution in [2.45, 2.75) is 97.8 Å². The zero-order chi connectivity index (χ0) is 101. The molecule has 4 aliphatic heterocycles. The number of nitrogens with one attached hydrogen (secondary N) is 1. The van der Waals surface area contributed by atoms with Gasteiger partial charge in [0, 0.05) is 156 Å². The minimum Gasteiger partial charge on any atom is -0.398 e. The van der Waals surface area contributed by atoms with E-state index in [0.717, 1.165) is 77.1 Å². The number of anilines is 6. The first-order chi connectivity index (χ1) is 70.5. The van der Waals surface area contributed by atoms with Gasteiger partial charge in [0.2, 0.25) is 6.34 Å². The van der Waals surface area contributed by atoms with Gasteiger partial charge in [-0.15, -0.1) is 0 Å². The Balaban J connectivity index is 0.000000120. The van der Waals surface area contributed by atoms with Crippen LogP contribution in [0.15, 0.2) is 391 Å². The molecule has 13 aromatic carbocycles. The predicted molar refractivity (Wildman–Crippen MR) is 626 cm³/mol. The molecule has 0 radical (unpaired) electrons. The van der Waals surface area contributed by atoms with Crippen molar-refractivity contribution in [1.82, 2.24) is 47.8 Å². The number of pyridine rings is 5. The molecular formula is C125H112Br2IN17. The van der Waals surface area contributed by atoms with Crippen LogP contribution < -0.4 is 27.4 Å². The third kappa shape index (κ3) is 17.2. The molecule has 10 aromatic heterocycles. The van der Waals surface area contributed by atoms with Crippen LogP contribution in [0.2, 0.25) is 0 Å². The monoisotopic (exact) mass is 2140 g/mol. The maximum Gasteiger partial charge on any atom is 0.228 e. The van der Waals surface area contributed by atoms with E-state index in [9.17, 15) is 0 Å². The van der Waals surface area contributed by atoms with Crippen molar-refractivity contribution in [3.63, 3.8) is 0 Å². The zero-order valence-corrected chi connectivity index (χ0v) is 88.7. The van der Waals surface area contributed by atoms with E-state index in [1.165, 1.54) is 166 Å². The van der Waals surface area contributed by atoms with Crippen LogP contribution in [0.3, 0.4) is 0 Å². The molecule has 0 saturated heterocycles. The SMILES string of the molecule is Brc1ccc2c3ccccc3n(-c3ccccn3)c2c1.C=C(C)c1ccccc1N.CC.CC1(C)c2ccccc2N(c2ccc3c4cccc5c4n(c3c2)-c2ncccc2C5(C)C)c2cc3c(cc21)c1ccccc1n3-c1ccccn1.CC1(C)c2ccccc2Nc2cc3c(cc21)c1ccccc1n3-c1ccccn1.CC1(C)c2cccnc2-n2c3cc(Br)ccc3c3cccc1c32.CI.NCN.[C-]#[N+]C=NC. The molecule has 145 heavy (non-hydrogen) atoms. The van der Waals surface area contributed by atoms with Crippen LogP contribution in [0.1, 0.15) is 126 Å². The van der Waals surface area contributed by atoms with Crippen LogP contribution >= 0.6 is 54.5 Å². The predicted octanol–water partition coefficient (Wildman–Crippen LogP) is 32.3. The van der Waals surface area contributed by atoms with E-state index >= 15 is 0 Å². The van der Waals surface area contributed by atoms with Crippen LogP contribution in [-0.2, 0) is 21.7 Å². The largest absolute Gasteiger partial charge is 0.398 e. The van der Waals surface area contributed by atoms with Crippen molar-refractivity contribution < 1.29 is 0 Å². The van der Waals surface area contributed by atoms with Crippen molar-refractivity contribution in [2.24, 2.45) is 16.5 Å². The van der Waals surface area contributed by atoms with Crippen LogP contribution in [0, 0.1) is 6.57 Å². The lowest BCUT2D eigenvalue weighted by Crippen LogP contribution is -2.30. The lowest BCUT2D eigenvalue weighted by molar-refractivity contribution is 0.624. The van der Waals surface area contributed by atoms with Gasteiger partial charge < -0.3 is 32.3 Å². The molecule has 14 heterocycles. The number of aliphatic imine (C=N–C) groups is 1. The molecule has 20 heteroatoms. The summed E-state index contributed by atoms with van der Waals surface area (Å²) in [5.74, 6) is 4.86. The van der Waals surface area contributed by atoms with E-state index in [1.54, 1.807) is 7.05 Å². The number of benzene rings is 13. The van der Waals surface area contributed by atoms with Gasteiger partial charge in [-0.1, -0.05) is 331 Å². The number of halogens is 3. The molecule has 0 bridgehead atoms. The fourth-order valence-corrected chi connectivity index (χ4v) is 22.4. The number of nitrogens with two attached hydrogens (primary N) is 3. The summed E-state index contributed by atoms with van der Waals surface area (Å²) in [6.45, 7) is 34.7. The van der Waals surface area contributed by atoms with Crippen LogP contribution in [0.25, 0.3) is 149 Å². The van der Waals surface area contributed by atoms with Gasteiger partial charge in [-0.25, -0.2) is 24.9 Å². The molecule has 0 fully saturated rings. The fourth-order valence-electron chi connectivity index (χ4n) is 21.7. The van der Waals surface area contributed by atoms with Crippen LogP contribution in [-0.4, -0.2) is 72.7 Å². The van der Waals surface area contributed by atoms with Gasteiger partial charge in [-0.3, -0.25) is 22.8 Å². The molecule has 0 amide bonds. The van der Waals surface area contributed by atoms with Crippen molar-refractivity contribution >= 4 is 210 Å². The number of nitrogens with zero attached hydrogens (tertiary/aromatic N) is 13. The van der Waals surface area contributed by atoms with Crippen LogP contribution in [0.5, 0.6) is 0 Å². The van der Waals surface area contributed by atoms with Gasteiger partial charge in [0.15, 0.2) is 0 Å². The van der Waals surface area contributed by atoms with Gasteiger partial charge in [0.05, 0.1) is 66.5 Å². The van der Waals surface area contributed by atoms with Gasteiger partial charge >= 0.3 is 0 Å². The minimum atomic E-state index is -0.228. The van der Waals surface area contributed by atoms with E-state index in [1.807, 2.05) is 123 Å². The Kier molecular flexibility index (Phi) is 27.6. The Bertz CT molecular complexity index is 8970. The minimum absolute atomic E-state index is 0.0509. The average Bonchev–Trinajstić information content (AvgIpc) is 1.40. The van der Waals surface area contributed by atoms with E-state index in [0.29, 0.717) is 0 Å². The van der Waals surface area contributed by atoms with Gasteiger partial charge in [0.25, 0.3) is 0 Å². The number of aromatic nitrogens is 10. The Morgan fingerprint density at radius 2 is 0.738 bits per heavy atom. The summed E-state index contributed by atoms with van der Waals surface area (Å²) in [7, 11) is 1.57. The Morgan fingerprint density at radius 1 is 0.366 bits per heavy atom. The normalized spacial score (nSPS) is 13.3. The van der Waals surface area contributed by atoms with E-state index < -0.39 is 0 Å². The quantitative estimate of drug-likeness (QED) is 0.0244. The molecular weight excluding hydrogens is 2030 g/mol. The molecule has 718 valence electrons. The van der Waals surface area contributed by atoms with Gasteiger partial charge in [-0.2, -0.15) is 4.99 Å². The van der Waals surface area contributed by atoms with Crippen molar-refractivity contribution in [3.8, 4) is 29.1 Å². The molecule has 0 aliphatic carbocycles. The second-order valence-corrected chi connectivity index (χ2v) is 39.7. The van der Waals surface area contributed by atoms with E-state index in [2.05, 4.69) is 454 Å². The number of fused-ring (bicyclic) bond motifs is 23. The highest BCUT2D eigenvalue weighted by Gasteiger charge is 2.42. The summed E-state index contributed by atoms with van der Waals surface area (Å²) in [4.78, 5) is 34.4. The van der Waals surface area contributed by atoms with Gasteiger partial charge in [0.1, 0.15) is 36.1 Å². The lowest BCUT2D eigenvalue weighted by Gasteiger charge is -2.42. The zero-order valence-electron chi connectivity index (χ0n) is 83.4. The van der Waals surface area contributed by atoms with Gasteiger partial charge in [-0.05, 0) is 202 Å². The fraction of sp³-hybridized carbons (Fsp3) is 0.144. The first-order valence-corrected chi connectivity index (χ1v) is 52.3. The number of hydrogen-bond donors (Lipinski definition) is 4. The van der Waals surface area contributed by atoms with Crippen molar-refractivity contribution in [2.75, 3.05) is 34.6 Å². The number of rotatable bonds is 5. The number of nitrogen functional groups attached to an aromatic ring is 1. The van der Waals surface area contributed by atoms with Crippen molar-refractivity contribution in [3.05, 3.63) is 448 Å². The maximum absolute atomic E-state index is 6.08. The summed E-state index contributed by atoms with van der Waals surface area (Å²) < 4.78 is 13.7. The Hall–Kier alpha value is -15.5. The molecule has 0 spiro atoms. The average molecular weight is 2140 g/mol. The topological polar surface area (TPSA) is 199 Å². The molecule has 0 saturated carbocycles. The maximum atomic E-state index is 6.08. The third-order valence-electron chi connectivity index (χ3n) is 28.2.